The van der Waals surface area contributed by atoms with Crippen molar-refractivity contribution in [3.05, 3.63) is 29.3 Å². The van der Waals surface area contributed by atoms with E-state index in [1.807, 2.05) is 6.07 Å². The van der Waals surface area contributed by atoms with Gasteiger partial charge in [0.25, 0.3) is 0 Å². The van der Waals surface area contributed by atoms with Crippen LogP contribution in [-0.2, 0) is 23.0 Å². The fourth-order valence-electron chi connectivity index (χ4n) is 1.77. The first-order valence-corrected chi connectivity index (χ1v) is 6.15. The van der Waals surface area contributed by atoms with Gasteiger partial charge in [0.15, 0.2) is 0 Å². The van der Waals surface area contributed by atoms with E-state index >= 15 is 0 Å². The molecule has 3 heteroatoms. The Hall–Kier alpha value is -0.830. The molecule has 0 spiro atoms. The first-order valence-electron chi connectivity index (χ1n) is 4.42. The minimum atomic E-state index is -0.737. The lowest BCUT2D eigenvalue weighted by molar-refractivity contribution is 0.686. The molecule has 0 amide bonds. The highest BCUT2D eigenvalue weighted by Gasteiger charge is 2.13. The molecule has 1 heterocycles. The van der Waals surface area contributed by atoms with Crippen LogP contribution in [0.3, 0.4) is 0 Å². The van der Waals surface area contributed by atoms with Gasteiger partial charge in [-0.15, -0.1) is 0 Å². The van der Waals surface area contributed by atoms with Crippen LogP contribution in [0.25, 0.3) is 0 Å². The van der Waals surface area contributed by atoms with Gasteiger partial charge in [-0.3, -0.25) is 4.21 Å². The maximum atomic E-state index is 11.1. The molecule has 1 aliphatic rings. The number of fused-ring (bicyclic) bond motifs is 1. The van der Waals surface area contributed by atoms with E-state index in [0.717, 1.165) is 13.0 Å². The molecule has 0 saturated heterocycles. The minimum absolute atomic E-state index is 0.685. The summed E-state index contributed by atoms with van der Waals surface area (Å²) in [6, 6.07) is 6.19. The first-order chi connectivity index (χ1) is 6.27. The summed E-state index contributed by atoms with van der Waals surface area (Å²) in [6.07, 6.45) is 2.82. The fraction of sp³-hybridized carbons (Fsp3) is 0.400. The van der Waals surface area contributed by atoms with Crippen LogP contribution in [0.2, 0.25) is 0 Å². The molecule has 0 saturated carbocycles. The lowest BCUT2D eigenvalue weighted by Gasteiger charge is -2.05. The molecule has 0 fully saturated rings. The predicted octanol–water partition coefficient (Wildman–Crippen LogP) is 1.53. The second kappa shape index (κ2) is 3.50. The Balaban J connectivity index is 2.36. The topological polar surface area (TPSA) is 29.1 Å². The van der Waals surface area contributed by atoms with Gasteiger partial charge in [0.1, 0.15) is 0 Å². The van der Waals surface area contributed by atoms with Crippen LogP contribution in [0, 0.1) is 0 Å². The van der Waals surface area contributed by atoms with Gasteiger partial charge in [-0.05, 0) is 23.6 Å². The van der Waals surface area contributed by atoms with Crippen LogP contribution in [0.5, 0.6) is 0 Å². The van der Waals surface area contributed by atoms with Crippen LogP contribution in [0.4, 0.5) is 5.69 Å². The second-order valence-electron chi connectivity index (χ2n) is 3.34. The molecule has 0 radical (unpaired) electrons. The maximum absolute atomic E-state index is 11.1. The zero-order valence-electron chi connectivity index (χ0n) is 7.67. The normalized spacial score (nSPS) is 16.4. The van der Waals surface area contributed by atoms with E-state index in [0.29, 0.717) is 5.75 Å². The Morgan fingerprint density at radius 3 is 3.15 bits per heavy atom. The van der Waals surface area contributed by atoms with Crippen molar-refractivity contribution >= 4 is 16.5 Å². The molecule has 2 rings (SSSR count). The summed E-state index contributed by atoms with van der Waals surface area (Å²) in [7, 11) is -0.737. The fourth-order valence-corrected chi connectivity index (χ4v) is 2.48. The number of anilines is 1. The van der Waals surface area contributed by atoms with Crippen LogP contribution < -0.4 is 5.32 Å². The third kappa shape index (κ3) is 1.75. The highest BCUT2D eigenvalue weighted by Crippen LogP contribution is 2.25. The lowest BCUT2D eigenvalue weighted by Crippen LogP contribution is -1.96. The molecule has 70 valence electrons. The van der Waals surface area contributed by atoms with Gasteiger partial charge in [0.05, 0.1) is 0 Å². The molecular formula is C10H13NOS. The van der Waals surface area contributed by atoms with Crippen molar-refractivity contribution in [1.29, 1.82) is 0 Å². The van der Waals surface area contributed by atoms with Crippen molar-refractivity contribution < 1.29 is 4.21 Å². The van der Waals surface area contributed by atoms with Crippen molar-refractivity contribution in [2.75, 3.05) is 18.1 Å². The number of nitrogens with one attached hydrogen (secondary N) is 1. The molecular weight excluding hydrogens is 182 g/mol. The molecule has 1 aliphatic heterocycles. The van der Waals surface area contributed by atoms with E-state index < -0.39 is 10.8 Å². The Morgan fingerprint density at radius 1 is 1.54 bits per heavy atom. The Labute approximate surface area is 80.8 Å². The molecule has 1 N–H and O–H groups in total. The van der Waals surface area contributed by atoms with E-state index in [1.54, 1.807) is 6.26 Å². The molecule has 0 aromatic heterocycles. The van der Waals surface area contributed by atoms with E-state index in [-0.39, 0.29) is 0 Å². The van der Waals surface area contributed by atoms with Gasteiger partial charge < -0.3 is 5.32 Å². The van der Waals surface area contributed by atoms with Gasteiger partial charge in [-0.2, -0.15) is 0 Å². The van der Waals surface area contributed by atoms with Crippen molar-refractivity contribution in [1.82, 2.24) is 0 Å². The second-order valence-corrected chi connectivity index (χ2v) is 4.77. The van der Waals surface area contributed by atoms with E-state index in [1.165, 1.54) is 16.8 Å². The highest BCUT2D eigenvalue weighted by molar-refractivity contribution is 7.83. The molecule has 1 unspecified atom stereocenters. The minimum Gasteiger partial charge on any atom is -0.384 e. The molecule has 1 aromatic carbocycles. The van der Waals surface area contributed by atoms with Crippen LogP contribution in [0.15, 0.2) is 18.2 Å². The van der Waals surface area contributed by atoms with E-state index in [4.69, 9.17) is 0 Å². The Bertz CT molecular complexity index is 349. The quantitative estimate of drug-likeness (QED) is 0.775. The van der Waals surface area contributed by atoms with Gasteiger partial charge in [-0.25, -0.2) is 0 Å². The summed E-state index contributed by atoms with van der Waals surface area (Å²) >= 11 is 0. The van der Waals surface area contributed by atoms with Crippen LogP contribution >= 0.6 is 0 Å². The molecule has 1 aromatic rings. The third-order valence-corrected chi connectivity index (χ3v) is 3.04. The number of rotatable bonds is 2. The molecule has 2 nitrogen and oxygen atoms in total. The number of hydrogen-bond donors (Lipinski definition) is 1. The average Bonchev–Trinajstić information content (AvgIpc) is 2.51. The standard InChI is InChI=1S/C10H13NOS/c1-13(12)7-8-3-2-4-10-9(8)5-6-11-10/h2-4,11H,5-7H2,1H3. The summed E-state index contributed by atoms with van der Waals surface area (Å²) < 4.78 is 11.1. The largest absolute Gasteiger partial charge is 0.384 e. The summed E-state index contributed by atoms with van der Waals surface area (Å²) in [4.78, 5) is 0. The molecule has 13 heavy (non-hydrogen) atoms. The van der Waals surface area contributed by atoms with Crippen molar-refractivity contribution in [3.63, 3.8) is 0 Å². The number of benzene rings is 1. The molecule has 1 atom stereocenters. The van der Waals surface area contributed by atoms with Crippen molar-refractivity contribution in [2.45, 2.75) is 12.2 Å². The van der Waals surface area contributed by atoms with Gasteiger partial charge in [0, 0.05) is 35.0 Å². The average molecular weight is 195 g/mol. The van der Waals surface area contributed by atoms with Crippen molar-refractivity contribution in [2.24, 2.45) is 0 Å². The molecule has 0 aliphatic carbocycles. The van der Waals surface area contributed by atoms with Crippen LogP contribution in [0.1, 0.15) is 11.1 Å². The lowest BCUT2D eigenvalue weighted by atomic mass is 10.1. The number of hydrogen-bond acceptors (Lipinski definition) is 2. The zero-order chi connectivity index (χ0) is 9.26. The predicted molar refractivity (Wildman–Crippen MR) is 56.4 cm³/mol. The molecule has 0 bridgehead atoms. The van der Waals surface area contributed by atoms with Gasteiger partial charge >= 0.3 is 0 Å². The SMILES string of the molecule is CS(=O)Cc1cccc2c1CCN2. The maximum Gasteiger partial charge on any atom is 0.0486 e. The summed E-state index contributed by atoms with van der Waals surface area (Å²) in [6.45, 7) is 1.02. The Morgan fingerprint density at radius 2 is 2.38 bits per heavy atom. The summed E-state index contributed by atoms with van der Waals surface area (Å²) in [5.74, 6) is 0.685. The Kier molecular flexibility index (Phi) is 2.36. The van der Waals surface area contributed by atoms with Gasteiger partial charge in [0.2, 0.25) is 0 Å². The van der Waals surface area contributed by atoms with Gasteiger partial charge in [-0.1, -0.05) is 12.1 Å². The summed E-state index contributed by atoms with van der Waals surface area (Å²) in [5.41, 5.74) is 3.82. The monoisotopic (exact) mass is 195 g/mol. The van der Waals surface area contributed by atoms with E-state index in [9.17, 15) is 4.21 Å². The van der Waals surface area contributed by atoms with Crippen molar-refractivity contribution in [3.8, 4) is 0 Å². The smallest absolute Gasteiger partial charge is 0.0486 e. The highest BCUT2D eigenvalue weighted by atomic mass is 32.2. The summed E-state index contributed by atoms with van der Waals surface area (Å²) in [5, 5.41) is 3.31. The zero-order valence-corrected chi connectivity index (χ0v) is 8.49. The van der Waals surface area contributed by atoms with E-state index in [2.05, 4.69) is 17.4 Å². The van der Waals surface area contributed by atoms with Crippen LogP contribution in [-0.4, -0.2) is 17.0 Å². The third-order valence-electron chi connectivity index (χ3n) is 2.32. The first kappa shape index (κ1) is 8.75.